The summed E-state index contributed by atoms with van der Waals surface area (Å²) in [5.41, 5.74) is 0.330. The van der Waals surface area contributed by atoms with Crippen molar-refractivity contribution in [3.05, 3.63) is 29.6 Å². The number of aliphatic hydroxyl groups is 1. The van der Waals surface area contributed by atoms with Gasteiger partial charge in [-0.1, -0.05) is 18.9 Å². The number of benzene rings is 1. The van der Waals surface area contributed by atoms with Gasteiger partial charge in [-0.15, -0.1) is 24.0 Å². The zero-order chi connectivity index (χ0) is 20.0. The molecule has 0 aromatic heterocycles. The quantitative estimate of drug-likeness (QED) is 0.343. The highest BCUT2D eigenvalue weighted by atomic mass is 127. The van der Waals surface area contributed by atoms with Crippen molar-refractivity contribution < 1.29 is 14.2 Å². The molecule has 1 heterocycles. The van der Waals surface area contributed by atoms with Crippen LogP contribution in [0.3, 0.4) is 0 Å². The van der Waals surface area contributed by atoms with Gasteiger partial charge in [0.1, 0.15) is 0 Å². The van der Waals surface area contributed by atoms with E-state index >= 15 is 0 Å². The molecule has 1 aliphatic carbocycles. The van der Waals surface area contributed by atoms with Gasteiger partial charge >= 0.3 is 0 Å². The molecule has 2 aliphatic rings. The van der Waals surface area contributed by atoms with E-state index in [1.165, 1.54) is 7.11 Å². The first kappa shape index (κ1) is 24.1. The summed E-state index contributed by atoms with van der Waals surface area (Å²) < 4.78 is 18.9. The molecule has 8 heteroatoms. The van der Waals surface area contributed by atoms with Gasteiger partial charge in [0, 0.05) is 39.3 Å². The molecular weight excluding hydrogens is 486 g/mol. The SMILES string of the molecule is CCNC(=NCC1(O)CCCC1)N1CCN(Cc2ccc(OC)c(F)c2)CC1.I. The van der Waals surface area contributed by atoms with Crippen LogP contribution >= 0.6 is 24.0 Å². The average molecular weight is 520 g/mol. The van der Waals surface area contributed by atoms with Crippen molar-refractivity contribution in [2.24, 2.45) is 4.99 Å². The first-order chi connectivity index (χ1) is 13.5. The van der Waals surface area contributed by atoms with Gasteiger partial charge in [0.05, 0.1) is 19.3 Å². The lowest BCUT2D eigenvalue weighted by Crippen LogP contribution is -2.52. The second-order valence-electron chi connectivity index (χ2n) is 7.83. The number of nitrogens with one attached hydrogen (secondary N) is 1. The Morgan fingerprint density at radius 1 is 1.24 bits per heavy atom. The van der Waals surface area contributed by atoms with Crippen LogP contribution in [0.5, 0.6) is 5.75 Å². The predicted octanol–water partition coefficient (Wildman–Crippen LogP) is 2.84. The second kappa shape index (κ2) is 11.3. The van der Waals surface area contributed by atoms with Gasteiger partial charge in [-0.25, -0.2) is 4.39 Å². The largest absolute Gasteiger partial charge is 0.494 e. The topological polar surface area (TPSA) is 60.3 Å². The Bertz CT molecular complexity index is 675. The number of halogens is 2. The summed E-state index contributed by atoms with van der Waals surface area (Å²) in [5.74, 6) is 0.854. The Kier molecular flexibility index (Phi) is 9.42. The summed E-state index contributed by atoms with van der Waals surface area (Å²) >= 11 is 0. The number of nitrogens with zero attached hydrogens (tertiary/aromatic N) is 3. The van der Waals surface area contributed by atoms with E-state index in [-0.39, 0.29) is 35.5 Å². The van der Waals surface area contributed by atoms with E-state index in [4.69, 9.17) is 9.73 Å². The molecule has 1 aliphatic heterocycles. The second-order valence-corrected chi connectivity index (χ2v) is 7.83. The molecular formula is C21H34FIN4O2. The molecule has 164 valence electrons. The van der Waals surface area contributed by atoms with Crippen molar-refractivity contribution >= 4 is 29.9 Å². The lowest BCUT2D eigenvalue weighted by Gasteiger charge is -2.37. The van der Waals surface area contributed by atoms with E-state index in [1.807, 2.05) is 6.07 Å². The first-order valence-corrected chi connectivity index (χ1v) is 10.3. The van der Waals surface area contributed by atoms with E-state index in [0.717, 1.165) is 76.5 Å². The molecule has 2 N–H and O–H groups in total. The maximum Gasteiger partial charge on any atom is 0.194 e. The van der Waals surface area contributed by atoms with Crippen LogP contribution in [-0.4, -0.2) is 72.8 Å². The normalized spacial score (nSPS) is 19.7. The highest BCUT2D eigenvalue weighted by Crippen LogP contribution is 2.29. The van der Waals surface area contributed by atoms with Crippen molar-refractivity contribution in [3.63, 3.8) is 0 Å². The number of methoxy groups -OCH3 is 1. The lowest BCUT2D eigenvalue weighted by atomic mass is 10.0. The van der Waals surface area contributed by atoms with Crippen molar-refractivity contribution in [2.45, 2.75) is 44.8 Å². The van der Waals surface area contributed by atoms with E-state index in [0.29, 0.717) is 6.54 Å². The van der Waals surface area contributed by atoms with Crippen LogP contribution in [0, 0.1) is 5.82 Å². The van der Waals surface area contributed by atoms with Crippen LogP contribution in [-0.2, 0) is 6.54 Å². The van der Waals surface area contributed by atoms with Crippen molar-refractivity contribution in [2.75, 3.05) is 46.4 Å². The third kappa shape index (κ3) is 6.68. The van der Waals surface area contributed by atoms with E-state index in [2.05, 4.69) is 22.0 Å². The summed E-state index contributed by atoms with van der Waals surface area (Å²) in [7, 11) is 1.48. The highest BCUT2D eigenvalue weighted by Gasteiger charge is 2.31. The Balaban J connectivity index is 0.00000300. The predicted molar refractivity (Wildman–Crippen MR) is 125 cm³/mol. The van der Waals surface area contributed by atoms with Gasteiger partial charge in [-0.05, 0) is 37.5 Å². The van der Waals surface area contributed by atoms with Crippen molar-refractivity contribution in [1.29, 1.82) is 0 Å². The molecule has 1 saturated carbocycles. The molecule has 0 amide bonds. The number of rotatable bonds is 6. The third-order valence-corrected chi connectivity index (χ3v) is 5.69. The maximum atomic E-state index is 13.9. The number of piperazine rings is 1. The van der Waals surface area contributed by atoms with Crippen LogP contribution < -0.4 is 10.1 Å². The molecule has 29 heavy (non-hydrogen) atoms. The zero-order valence-electron chi connectivity index (χ0n) is 17.5. The van der Waals surface area contributed by atoms with Crippen LogP contribution in [0.25, 0.3) is 0 Å². The molecule has 0 unspecified atom stereocenters. The van der Waals surface area contributed by atoms with Crippen molar-refractivity contribution in [3.8, 4) is 5.75 Å². The molecule has 0 atom stereocenters. The fraction of sp³-hybridized carbons (Fsp3) is 0.667. The fourth-order valence-corrected chi connectivity index (χ4v) is 4.02. The first-order valence-electron chi connectivity index (χ1n) is 10.3. The van der Waals surface area contributed by atoms with Gasteiger partial charge in [0.2, 0.25) is 0 Å². The number of hydrogen-bond donors (Lipinski definition) is 2. The molecule has 0 bridgehead atoms. The average Bonchev–Trinajstić information content (AvgIpc) is 3.13. The molecule has 6 nitrogen and oxygen atoms in total. The number of guanidine groups is 1. The lowest BCUT2D eigenvalue weighted by molar-refractivity contribution is 0.0569. The van der Waals surface area contributed by atoms with Crippen LogP contribution in [0.15, 0.2) is 23.2 Å². The number of aliphatic imine (C=N–C) groups is 1. The number of ether oxygens (including phenoxy) is 1. The van der Waals surface area contributed by atoms with Gasteiger partial charge in [-0.2, -0.15) is 0 Å². The molecule has 0 radical (unpaired) electrons. The molecule has 1 aromatic carbocycles. The molecule has 2 fully saturated rings. The third-order valence-electron chi connectivity index (χ3n) is 5.69. The number of hydrogen-bond acceptors (Lipinski definition) is 4. The minimum atomic E-state index is -0.624. The summed E-state index contributed by atoms with van der Waals surface area (Å²) in [6, 6.07) is 5.16. The van der Waals surface area contributed by atoms with Crippen LogP contribution in [0.2, 0.25) is 0 Å². The molecule has 1 saturated heterocycles. The van der Waals surface area contributed by atoms with Gasteiger partial charge in [0.25, 0.3) is 0 Å². The molecule has 3 rings (SSSR count). The Labute approximate surface area is 190 Å². The molecule has 0 spiro atoms. The van der Waals surface area contributed by atoms with Crippen LogP contribution in [0.1, 0.15) is 38.2 Å². The van der Waals surface area contributed by atoms with Gasteiger partial charge in [-0.3, -0.25) is 9.89 Å². The molecule has 1 aromatic rings. The van der Waals surface area contributed by atoms with E-state index in [9.17, 15) is 9.50 Å². The van der Waals surface area contributed by atoms with E-state index in [1.54, 1.807) is 12.1 Å². The minimum Gasteiger partial charge on any atom is -0.494 e. The summed E-state index contributed by atoms with van der Waals surface area (Å²) in [4.78, 5) is 9.31. The van der Waals surface area contributed by atoms with E-state index < -0.39 is 5.60 Å². The maximum absolute atomic E-state index is 13.9. The zero-order valence-corrected chi connectivity index (χ0v) is 19.8. The highest BCUT2D eigenvalue weighted by molar-refractivity contribution is 14.0. The monoisotopic (exact) mass is 520 g/mol. The summed E-state index contributed by atoms with van der Waals surface area (Å²) in [5, 5.41) is 13.9. The van der Waals surface area contributed by atoms with Gasteiger partial charge < -0.3 is 20.1 Å². The Morgan fingerprint density at radius 3 is 2.52 bits per heavy atom. The Hall–Kier alpha value is -1.13. The fourth-order valence-electron chi connectivity index (χ4n) is 4.02. The summed E-state index contributed by atoms with van der Waals surface area (Å²) in [6.45, 7) is 7.58. The standard InChI is InChI=1S/C21H33FN4O2.HI/c1-3-23-20(24-16-21(27)8-4-5-9-21)26-12-10-25(11-13-26)15-17-6-7-19(28-2)18(22)14-17;/h6-7,14,27H,3-5,8-13,15-16H2,1-2H3,(H,23,24);1H. The smallest absolute Gasteiger partial charge is 0.194 e. The van der Waals surface area contributed by atoms with Crippen molar-refractivity contribution in [1.82, 2.24) is 15.1 Å². The summed E-state index contributed by atoms with van der Waals surface area (Å²) in [6.07, 6.45) is 3.88. The van der Waals surface area contributed by atoms with Crippen LogP contribution in [0.4, 0.5) is 4.39 Å². The van der Waals surface area contributed by atoms with Gasteiger partial charge in [0.15, 0.2) is 17.5 Å². The minimum absolute atomic E-state index is 0. The Morgan fingerprint density at radius 2 is 1.93 bits per heavy atom.